The second kappa shape index (κ2) is 6.44. The fraction of sp³-hybridized carbons (Fsp3) is 0.389. The van der Waals surface area contributed by atoms with E-state index in [1.165, 1.54) is 5.70 Å². The molecule has 1 aromatic carbocycles. The molecule has 0 saturated heterocycles. The zero-order valence-corrected chi connectivity index (χ0v) is 13.8. The van der Waals surface area contributed by atoms with Crippen molar-refractivity contribution in [2.24, 2.45) is 7.05 Å². The number of rotatable bonds is 5. The predicted molar refractivity (Wildman–Crippen MR) is 90.1 cm³/mol. The molecule has 23 heavy (non-hydrogen) atoms. The molecule has 0 fully saturated rings. The van der Waals surface area contributed by atoms with Crippen molar-refractivity contribution in [3.8, 4) is 11.3 Å². The monoisotopic (exact) mass is 314 g/mol. The van der Waals surface area contributed by atoms with E-state index < -0.39 is 0 Å². The highest BCUT2D eigenvalue weighted by Crippen LogP contribution is 2.25. The number of aromatic nitrogens is 2. The quantitative estimate of drug-likeness (QED) is 0.888. The minimum absolute atomic E-state index is 0.0611. The molecule has 2 unspecified atom stereocenters. The van der Waals surface area contributed by atoms with Crippen molar-refractivity contribution in [3.05, 3.63) is 53.7 Å². The lowest BCUT2D eigenvalue weighted by Gasteiger charge is -2.17. The SMILES string of the molecule is CCC1CC(NC(C)c2ccc(-c3ccn(C)n3)c(F)c2)=CN1. The molecular weight excluding hydrogens is 291 g/mol. The van der Waals surface area contributed by atoms with Crippen LogP contribution in [0.2, 0.25) is 0 Å². The Kier molecular flexibility index (Phi) is 4.37. The Morgan fingerprint density at radius 2 is 2.26 bits per heavy atom. The summed E-state index contributed by atoms with van der Waals surface area (Å²) in [5, 5.41) is 11.1. The van der Waals surface area contributed by atoms with Crippen LogP contribution in [0.4, 0.5) is 4.39 Å². The molecule has 0 saturated carbocycles. The van der Waals surface area contributed by atoms with Crippen LogP contribution >= 0.6 is 0 Å². The third-order valence-corrected chi connectivity index (χ3v) is 4.34. The number of aryl methyl sites for hydroxylation is 1. The van der Waals surface area contributed by atoms with Crippen LogP contribution in [-0.2, 0) is 7.05 Å². The van der Waals surface area contributed by atoms with Crippen molar-refractivity contribution < 1.29 is 4.39 Å². The van der Waals surface area contributed by atoms with Crippen LogP contribution in [0, 0.1) is 5.82 Å². The van der Waals surface area contributed by atoms with Gasteiger partial charge in [0.15, 0.2) is 0 Å². The van der Waals surface area contributed by atoms with E-state index >= 15 is 0 Å². The van der Waals surface area contributed by atoms with E-state index in [9.17, 15) is 4.39 Å². The summed E-state index contributed by atoms with van der Waals surface area (Å²) in [7, 11) is 1.83. The zero-order chi connectivity index (χ0) is 16.4. The van der Waals surface area contributed by atoms with Crippen LogP contribution in [0.1, 0.15) is 38.3 Å². The number of hydrogen-bond acceptors (Lipinski definition) is 3. The molecule has 5 heteroatoms. The van der Waals surface area contributed by atoms with Gasteiger partial charge in [0.1, 0.15) is 5.82 Å². The Labute approximate surface area is 136 Å². The van der Waals surface area contributed by atoms with Crippen molar-refractivity contribution in [1.29, 1.82) is 0 Å². The fourth-order valence-electron chi connectivity index (χ4n) is 2.89. The van der Waals surface area contributed by atoms with Gasteiger partial charge in [-0.1, -0.05) is 13.0 Å². The smallest absolute Gasteiger partial charge is 0.133 e. The second-order valence-corrected chi connectivity index (χ2v) is 6.13. The van der Waals surface area contributed by atoms with Crippen LogP contribution in [0.3, 0.4) is 0 Å². The number of hydrogen-bond donors (Lipinski definition) is 2. The van der Waals surface area contributed by atoms with Crippen LogP contribution in [0.5, 0.6) is 0 Å². The summed E-state index contributed by atoms with van der Waals surface area (Å²) in [6, 6.07) is 7.76. The van der Waals surface area contributed by atoms with E-state index in [0.717, 1.165) is 18.4 Å². The second-order valence-electron chi connectivity index (χ2n) is 6.13. The molecule has 0 bridgehead atoms. The number of benzene rings is 1. The molecule has 0 radical (unpaired) electrons. The first kappa shape index (κ1) is 15.6. The van der Waals surface area contributed by atoms with Crippen LogP contribution in [-0.4, -0.2) is 15.8 Å². The Balaban J connectivity index is 1.72. The van der Waals surface area contributed by atoms with Crippen molar-refractivity contribution in [1.82, 2.24) is 20.4 Å². The molecule has 3 rings (SSSR count). The fourth-order valence-corrected chi connectivity index (χ4v) is 2.89. The van der Waals surface area contributed by atoms with E-state index in [-0.39, 0.29) is 11.9 Å². The van der Waals surface area contributed by atoms with Gasteiger partial charge in [0, 0.05) is 49.2 Å². The third kappa shape index (κ3) is 3.38. The molecule has 2 aromatic rings. The van der Waals surface area contributed by atoms with Gasteiger partial charge in [-0.2, -0.15) is 5.10 Å². The molecule has 1 aromatic heterocycles. The molecule has 2 heterocycles. The lowest BCUT2D eigenvalue weighted by Crippen LogP contribution is -2.20. The van der Waals surface area contributed by atoms with Gasteiger partial charge in [0.25, 0.3) is 0 Å². The molecule has 0 amide bonds. The minimum atomic E-state index is -0.236. The molecular formula is C18H23FN4. The summed E-state index contributed by atoms with van der Waals surface area (Å²) in [4.78, 5) is 0. The summed E-state index contributed by atoms with van der Waals surface area (Å²) in [5.41, 5.74) is 3.31. The average molecular weight is 314 g/mol. The van der Waals surface area contributed by atoms with Crippen molar-refractivity contribution >= 4 is 0 Å². The lowest BCUT2D eigenvalue weighted by molar-refractivity contribution is 0.568. The number of halogens is 1. The Hall–Kier alpha value is -2.30. The summed E-state index contributed by atoms with van der Waals surface area (Å²) in [6.45, 7) is 4.22. The van der Waals surface area contributed by atoms with Crippen LogP contribution < -0.4 is 10.6 Å². The number of nitrogens with zero attached hydrogens (tertiary/aromatic N) is 2. The predicted octanol–water partition coefficient (Wildman–Crippen LogP) is 3.49. The van der Waals surface area contributed by atoms with Gasteiger partial charge in [-0.15, -0.1) is 0 Å². The standard InChI is InChI=1S/C18H23FN4/c1-4-14-10-15(11-20-14)21-12(2)13-5-6-16(17(19)9-13)18-7-8-23(3)22-18/h5-9,11-12,14,20-21H,4,10H2,1-3H3. The summed E-state index contributed by atoms with van der Waals surface area (Å²) >= 11 is 0. The topological polar surface area (TPSA) is 41.9 Å². The maximum absolute atomic E-state index is 14.4. The summed E-state index contributed by atoms with van der Waals surface area (Å²) < 4.78 is 16.1. The van der Waals surface area contributed by atoms with E-state index in [1.807, 2.05) is 31.6 Å². The van der Waals surface area contributed by atoms with Gasteiger partial charge >= 0.3 is 0 Å². The molecule has 0 aliphatic carbocycles. The zero-order valence-electron chi connectivity index (χ0n) is 13.8. The highest BCUT2D eigenvalue weighted by atomic mass is 19.1. The molecule has 4 nitrogen and oxygen atoms in total. The highest BCUT2D eigenvalue weighted by molar-refractivity contribution is 5.60. The minimum Gasteiger partial charge on any atom is -0.386 e. The first-order valence-corrected chi connectivity index (χ1v) is 8.08. The van der Waals surface area contributed by atoms with Gasteiger partial charge in [0.05, 0.1) is 5.69 Å². The van der Waals surface area contributed by atoms with Crippen molar-refractivity contribution in [3.63, 3.8) is 0 Å². The Bertz CT molecular complexity index is 720. The van der Waals surface area contributed by atoms with E-state index in [1.54, 1.807) is 16.8 Å². The van der Waals surface area contributed by atoms with E-state index in [4.69, 9.17) is 0 Å². The van der Waals surface area contributed by atoms with Crippen molar-refractivity contribution in [2.45, 2.75) is 38.8 Å². The van der Waals surface area contributed by atoms with Crippen molar-refractivity contribution in [2.75, 3.05) is 0 Å². The molecule has 1 aliphatic heterocycles. The van der Waals surface area contributed by atoms with Crippen LogP contribution in [0.15, 0.2) is 42.4 Å². The molecule has 1 aliphatic rings. The van der Waals surface area contributed by atoms with Gasteiger partial charge in [-0.25, -0.2) is 4.39 Å². The van der Waals surface area contributed by atoms with Gasteiger partial charge in [-0.3, -0.25) is 4.68 Å². The Morgan fingerprint density at radius 3 is 2.87 bits per heavy atom. The average Bonchev–Trinajstić information content (AvgIpc) is 3.16. The lowest BCUT2D eigenvalue weighted by atomic mass is 10.0. The number of nitrogens with one attached hydrogen (secondary N) is 2. The molecule has 2 atom stereocenters. The Morgan fingerprint density at radius 1 is 1.43 bits per heavy atom. The third-order valence-electron chi connectivity index (χ3n) is 4.34. The summed E-state index contributed by atoms with van der Waals surface area (Å²) in [5.74, 6) is -0.236. The molecule has 122 valence electrons. The first-order valence-electron chi connectivity index (χ1n) is 8.08. The maximum atomic E-state index is 14.4. The highest BCUT2D eigenvalue weighted by Gasteiger charge is 2.17. The van der Waals surface area contributed by atoms with Crippen LogP contribution in [0.25, 0.3) is 11.3 Å². The van der Waals surface area contributed by atoms with Gasteiger partial charge < -0.3 is 10.6 Å². The van der Waals surface area contributed by atoms with Gasteiger partial charge in [-0.05, 0) is 37.1 Å². The van der Waals surface area contributed by atoms with Gasteiger partial charge in [0.2, 0.25) is 0 Å². The first-order chi connectivity index (χ1) is 11.1. The molecule has 0 spiro atoms. The largest absolute Gasteiger partial charge is 0.386 e. The van der Waals surface area contributed by atoms with E-state index in [0.29, 0.717) is 17.3 Å². The summed E-state index contributed by atoms with van der Waals surface area (Å²) in [6.07, 6.45) is 5.94. The molecule has 2 N–H and O–H groups in total. The normalized spacial score (nSPS) is 18.4. The van der Waals surface area contributed by atoms with E-state index in [2.05, 4.69) is 29.6 Å². The maximum Gasteiger partial charge on any atom is 0.133 e.